The zero-order chi connectivity index (χ0) is 13.4. The van der Waals surface area contributed by atoms with Crippen LogP contribution in [0.2, 0.25) is 0 Å². The molecule has 7 heteroatoms. The monoisotopic (exact) mass is 254 g/mol. The zero-order valence-electron chi connectivity index (χ0n) is 10.3. The van der Waals surface area contributed by atoms with E-state index in [4.69, 9.17) is 10.6 Å². The molecule has 0 spiro atoms. The van der Waals surface area contributed by atoms with Gasteiger partial charge in [0, 0.05) is 19.8 Å². The number of para-hydroxylation sites is 1. The van der Waals surface area contributed by atoms with Gasteiger partial charge in [-0.15, -0.1) is 0 Å². The summed E-state index contributed by atoms with van der Waals surface area (Å²) in [7, 11) is 0. The number of nitrogen functional groups attached to an aromatic ring is 1. The van der Waals surface area contributed by atoms with Crippen LogP contribution in [0.3, 0.4) is 0 Å². The van der Waals surface area contributed by atoms with Crippen LogP contribution in [0.25, 0.3) is 0 Å². The molecule has 0 unspecified atom stereocenters. The molecule has 0 fully saturated rings. The molecule has 0 saturated heterocycles. The number of nitro groups is 1. The first-order valence-electron chi connectivity index (χ1n) is 5.76. The van der Waals surface area contributed by atoms with E-state index in [1.165, 1.54) is 0 Å². The zero-order valence-corrected chi connectivity index (χ0v) is 10.3. The van der Waals surface area contributed by atoms with Crippen molar-refractivity contribution in [3.63, 3.8) is 0 Å². The summed E-state index contributed by atoms with van der Waals surface area (Å²) in [5.74, 6) is 5.25. The lowest BCUT2D eigenvalue weighted by Crippen LogP contribution is -2.12. The minimum Gasteiger partial charge on any atom is -0.382 e. The summed E-state index contributed by atoms with van der Waals surface area (Å²) >= 11 is 0. The van der Waals surface area contributed by atoms with E-state index >= 15 is 0 Å². The Balaban J connectivity index is 2.67. The highest BCUT2D eigenvalue weighted by Crippen LogP contribution is 2.31. The molecule has 18 heavy (non-hydrogen) atoms. The van der Waals surface area contributed by atoms with Gasteiger partial charge in [-0.1, -0.05) is 6.07 Å². The first-order valence-corrected chi connectivity index (χ1v) is 5.76. The average Bonchev–Trinajstić information content (AvgIpc) is 2.37. The minimum atomic E-state index is -0.458. The van der Waals surface area contributed by atoms with Gasteiger partial charge in [0.1, 0.15) is 11.4 Å². The van der Waals surface area contributed by atoms with Crippen molar-refractivity contribution in [3.05, 3.63) is 28.3 Å². The number of hydrogen-bond donors (Lipinski definition) is 3. The molecule has 1 rings (SSSR count). The van der Waals surface area contributed by atoms with E-state index in [1.807, 2.05) is 6.92 Å². The second kappa shape index (κ2) is 7.46. The number of benzene rings is 1. The molecule has 0 atom stereocenters. The summed E-state index contributed by atoms with van der Waals surface area (Å²) in [6.45, 7) is 3.84. The van der Waals surface area contributed by atoms with E-state index in [9.17, 15) is 10.1 Å². The van der Waals surface area contributed by atoms with Crippen LogP contribution in [-0.4, -0.2) is 24.7 Å². The van der Waals surface area contributed by atoms with Crippen LogP contribution in [0, 0.1) is 10.1 Å². The van der Waals surface area contributed by atoms with Crippen molar-refractivity contribution in [1.29, 1.82) is 0 Å². The minimum absolute atomic E-state index is 0.0450. The summed E-state index contributed by atoms with van der Waals surface area (Å²) in [5.41, 5.74) is 3.01. The van der Waals surface area contributed by atoms with Crippen molar-refractivity contribution in [2.24, 2.45) is 5.84 Å². The topological polar surface area (TPSA) is 102 Å². The van der Waals surface area contributed by atoms with Crippen LogP contribution in [0.4, 0.5) is 17.1 Å². The largest absolute Gasteiger partial charge is 0.382 e. The van der Waals surface area contributed by atoms with Gasteiger partial charge < -0.3 is 15.5 Å². The lowest BCUT2D eigenvalue weighted by atomic mass is 10.2. The van der Waals surface area contributed by atoms with Crippen molar-refractivity contribution >= 4 is 17.1 Å². The van der Waals surface area contributed by atoms with E-state index < -0.39 is 4.92 Å². The fourth-order valence-electron chi connectivity index (χ4n) is 1.54. The van der Waals surface area contributed by atoms with Crippen molar-refractivity contribution in [3.8, 4) is 0 Å². The van der Waals surface area contributed by atoms with Gasteiger partial charge in [-0.3, -0.25) is 16.0 Å². The third-order valence-corrected chi connectivity index (χ3v) is 2.36. The third kappa shape index (κ3) is 3.86. The Bertz CT molecular complexity index is 398. The maximum absolute atomic E-state index is 11.0. The van der Waals surface area contributed by atoms with Gasteiger partial charge >= 0.3 is 5.69 Å². The van der Waals surface area contributed by atoms with Gasteiger partial charge in [0.2, 0.25) is 0 Å². The smallest absolute Gasteiger partial charge is 0.316 e. The number of nitro benzene ring substituents is 1. The number of nitrogens with one attached hydrogen (secondary N) is 2. The van der Waals surface area contributed by atoms with Crippen LogP contribution in [0.5, 0.6) is 0 Å². The number of nitrogens with two attached hydrogens (primary N) is 1. The summed E-state index contributed by atoms with van der Waals surface area (Å²) in [6, 6.07) is 4.91. The highest BCUT2D eigenvalue weighted by atomic mass is 16.6. The van der Waals surface area contributed by atoms with Crippen LogP contribution >= 0.6 is 0 Å². The van der Waals surface area contributed by atoms with Gasteiger partial charge in [0.15, 0.2) is 0 Å². The highest BCUT2D eigenvalue weighted by molar-refractivity contribution is 5.75. The normalized spacial score (nSPS) is 10.1. The lowest BCUT2D eigenvalue weighted by Gasteiger charge is -2.09. The molecule has 0 saturated carbocycles. The predicted octanol–water partition coefficient (Wildman–Crippen LogP) is 1.72. The Morgan fingerprint density at radius 1 is 1.44 bits per heavy atom. The van der Waals surface area contributed by atoms with Crippen molar-refractivity contribution in [2.45, 2.75) is 13.3 Å². The Labute approximate surface area is 105 Å². The molecule has 0 aliphatic rings. The molecule has 100 valence electrons. The molecule has 0 bridgehead atoms. The van der Waals surface area contributed by atoms with Crippen LogP contribution in [-0.2, 0) is 4.74 Å². The van der Waals surface area contributed by atoms with E-state index in [2.05, 4.69) is 10.7 Å². The number of hydrazine groups is 1. The molecule has 0 aliphatic heterocycles. The van der Waals surface area contributed by atoms with Crippen molar-refractivity contribution in [1.82, 2.24) is 0 Å². The van der Waals surface area contributed by atoms with Gasteiger partial charge in [-0.2, -0.15) is 0 Å². The standard InChI is InChI=1S/C11H18N4O3/c1-2-18-8-4-7-13-9-5-3-6-10(14-12)11(9)15(16)17/h3,5-6,13-14H,2,4,7-8,12H2,1H3. The van der Waals surface area contributed by atoms with Gasteiger partial charge in [0.25, 0.3) is 0 Å². The first-order chi connectivity index (χ1) is 8.70. The molecule has 0 heterocycles. The summed E-state index contributed by atoms with van der Waals surface area (Å²) in [4.78, 5) is 10.5. The summed E-state index contributed by atoms with van der Waals surface area (Å²) < 4.78 is 5.19. The Kier molecular flexibility index (Phi) is 5.89. The molecule has 1 aromatic rings. The van der Waals surface area contributed by atoms with Gasteiger partial charge in [0.05, 0.1) is 4.92 Å². The highest BCUT2D eigenvalue weighted by Gasteiger charge is 2.18. The van der Waals surface area contributed by atoms with Gasteiger partial charge in [-0.25, -0.2) is 0 Å². The molecule has 0 aromatic heterocycles. The van der Waals surface area contributed by atoms with E-state index in [0.717, 1.165) is 6.42 Å². The fraction of sp³-hybridized carbons (Fsp3) is 0.455. The Hall–Kier alpha value is -1.86. The quantitative estimate of drug-likeness (QED) is 0.282. The van der Waals surface area contributed by atoms with E-state index in [-0.39, 0.29) is 11.4 Å². The van der Waals surface area contributed by atoms with Crippen molar-refractivity contribution in [2.75, 3.05) is 30.5 Å². The maximum Gasteiger partial charge on any atom is 0.316 e. The number of anilines is 2. The van der Waals surface area contributed by atoms with Gasteiger partial charge in [-0.05, 0) is 25.5 Å². The second-order valence-corrected chi connectivity index (χ2v) is 3.58. The first kappa shape index (κ1) is 14.2. The predicted molar refractivity (Wildman–Crippen MR) is 70.5 cm³/mol. The van der Waals surface area contributed by atoms with Crippen molar-refractivity contribution < 1.29 is 9.66 Å². The number of hydrogen-bond acceptors (Lipinski definition) is 6. The van der Waals surface area contributed by atoms with Crippen LogP contribution < -0.4 is 16.6 Å². The fourth-order valence-corrected chi connectivity index (χ4v) is 1.54. The number of ether oxygens (including phenoxy) is 1. The lowest BCUT2D eigenvalue weighted by molar-refractivity contribution is -0.383. The molecule has 1 aromatic carbocycles. The maximum atomic E-state index is 11.0. The average molecular weight is 254 g/mol. The summed E-state index contributed by atoms with van der Waals surface area (Å²) in [6.07, 6.45) is 0.783. The molecule has 7 nitrogen and oxygen atoms in total. The van der Waals surface area contributed by atoms with Crippen LogP contribution in [0.15, 0.2) is 18.2 Å². The van der Waals surface area contributed by atoms with E-state index in [1.54, 1.807) is 18.2 Å². The molecule has 0 radical (unpaired) electrons. The van der Waals surface area contributed by atoms with Crippen LogP contribution in [0.1, 0.15) is 13.3 Å². The SMILES string of the molecule is CCOCCCNc1cccc(NN)c1[N+](=O)[O-]. The molecular formula is C11H18N4O3. The summed E-state index contributed by atoms with van der Waals surface area (Å²) in [5, 5.41) is 14.0. The second-order valence-electron chi connectivity index (χ2n) is 3.58. The molecule has 0 amide bonds. The molecular weight excluding hydrogens is 236 g/mol. The number of rotatable bonds is 8. The third-order valence-electron chi connectivity index (χ3n) is 2.36. The van der Waals surface area contributed by atoms with E-state index in [0.29, 0.717) is 25.4 Å². The molecule has 4 N–H and O–H groups in total. The molecule has 0 aliphatic carbocycles. The number of nitrogens with zero attached hydrogens (tertiary/aromatic N) is 1. The Morgan fingerprint density at radius 3 is 2.78 bits per heavy atom. The Morgan fingerprint density at radius 2 is 2.17 bits per heavy atom.